The average Bonchev–Trinajstić information content (AvgIpc) is 3.15. The summed E-state index contributed by atoms with van der Waals surface area (Å²) in [4.78, 5) is 2.33. The first-order valence-corrected chi connectivity index (χ1v) is 12.8. The third-order valence-corrected chi connectivity index (χ3v) is 7.35. The molecule has 0 fully saturated rings. The highest BCUT2D eigenvalue weighted by Gasteiger charge is 2.36. The lowest BCUT2D eigenvalue weighted by molar-refractivity contribution is 0.660. The van der Waals surface area contributed by atoms with E-state index in [0.29, 0.717) is 0 Å². The maximum atomic E-state index is 3.39. The van der Waals surface area contributed by atoms with Crippen LogP contribution in [0.4, 0.5) is 17.1 Å². The zero-order valence-corrected chi connectivity index (χ0v) is 21.5. The van der Waals surface area contributed by atoms with Gasteiger partial charge in [0.2, 0.25) is 0 Å². The Morgan fingerprint density at radius 3 is 1.68 bits per heavy atom. The van der Waals surface area contributed by atoms with Crippen molar-refractivity contribution in [2.75, 3.05) is 4.90 Å². The lowest BCUT2D eigenvalue weighted by Gasteiger charge is -2.28. The van der Waals surface area contributed by atoms with Crippen molar-refractivity contribution in [3.05, 3.63) is 144 Å². The summed E-state index contributed by atoms with van der Waals surface area (Å²) < 4.78 is 0. The average molecular weight is 473 g/mol. The smallest absolute Gasteiger partial charge is 0.139 e. The molecule has 0 saturated carbocycles. The molecule has 0 radical (unpaired) electrons. The molecular weight excluding hydrogens is 445 g/mol. The van der Waals surface area contributed by atoms with Crippen molar-refractivity contribution in [1.82, 2.24) is 0 Å². The standard InChI is InChI=1S/C35H28BN/c1-35(2)33-23-26(14-13-25-15-18-27(36)19-16-25)17-21-31(33)32-22-20-30(24-34(32)35)37(28-9-5-3-6-10-28)29-11-7-4-8-12-29/h3-12,15-24H,36H2,1-2H3. The summed E-state index contributed by atoms with van der Waals surface area (Å²) in [6, 6.07) is 43.1. The molecule has 5 aromatic carbocycles. The lowest BCUT2D eigenvalue weighted by Crippen LogP contribution is -2.16. The van der Waals surface area contributed by atoms with Crippen LogP contribution < -0.4 is 10.4 Å². The highest BCUT2D eigenvalue weighted by molar-refractivity contribution is 6.32. The van der Waals surface area contributed by atoms with Crippen molar-refractivity contribution in [3.8, 4) is 23.0 Å². The molecule has 0 aliphatic heterocycles. The predicted molar refractivity (Wildman–Crippen MR) is 159 cm³/mol. The monoisotopic (exact) mass is 473 g/mol. The molecule has 176 valence electrons. The molecule has 37 heavy (non-hydrogen) atoms. The van der Waals surface area contributed by atoms with Gasteiger partial charge in [-0.25, -0.2) is 0 Å². The molecular formula is C35H28BN. The molecule has 1 aliphatic carbocycles. The van der Waals surface area contributed by atoms with Gasteiger partial charge in [-0.1, -0.05) is 91.8 Å². The highest BCUT2D eigenvalue weighted by atomic mass is 15.1. The number of hydrogen-bond donors (Lipinski definition) is 0. The molecule has 0 atom stereocenters. The normalized spacial score (nSPS) is 12.7. The van der Waals surface area contributed by atoms with Crippen LogP contribution in [0.25, 0.3) is 11.1 Å². The minimum absolute atomic E-state index is 0.124. The Morgan fingerprint density at radius 1 is 0.541 bits per heavy atom. The van der Waals surface area contributed by atoms with Crippen LogP contribution in [0.15, 0.2) is 121 Å². The topological polar surface area (TPSA) is 3.24 Å². The van der Waals surface area contributed by atoms with Crippen molar-refractivity contribution in [2.24, 2.45) is 0 Å². The van der Waals surface area contributed by atoms with Gasteiger partial charge in [0.25, 0.3) is 0 Å². The van der Waals surface area contributed by atoms with Gasteiger partial charge in [0.05, 0.1) is 0 Å². The number of rotatable bonds is 3. The third-order valence-electron chi connectivity index (χ3n) is 7.35. The van der Waals surface area contributed by atoms with Gasteiger partial charge >= 0.3 is 0 Å². The fourth-order valence-electron chi connectivity index (χ4n) is 5.32. The Balaban J connectivity index is 1.41. The maximum absolute atomic E-state index is 3.39. The minimum atomic E-state index is -0.124. The summed E-state index contributed by atoms with van der Waals surface area (Å²) in [5.41, 5.74) is 12.0. The fourth-order valence-corrected chi connectivity index (χ4v) is 5.32. The molecule has 1 nitrogen and oxygen atoms in total. The van der Waals surface area contributed by atoms with Crippen molar-refractivity contribution < 1.29 is 0 Å². The fraction of sp³-hybridized carbons (Fsp3) is 0.0857. The van der Waals surface area contributed by atoms with Crippen LogP contribution in [0.3, 0.4) is 0 Å². The van der Waals surface area contributed by atoms with E-state index in [0.717, 1.165) is 28.2 Å². The summed E-state index contributed by atoms with van der Waals surface area (Å²) in [5.74, 6) is 6.72. The van der Waals surface area contributed by atoms with Crippen LogP contribution in [0.1, 0.15) is 36.1 Å². The van der Waals surface area contributed by atoms with Crippen LogP contribution >= 0.6 is 0 Å². The van der Waals surface area contributed by atoms with Gasteiger partial charge in [0.1, 0.15) is 7.85 Å². The SMILES string of the molecule is Bc1ccc(C#Cc2ccc3c(c2)C(C)(C)c2cc(N(c4ccccc4)c4ccccc4)ccc2-3)cc1. The van der Waals surface area contributed by atoms with Gasteiger partial charge in [0, 0.05) is 33.6 Å². The Morgan fingerprint density at radius 2 is 1.05 bits per heavy atom. The van der Waals surface area contributed by atoms with Crippen LogP contribution in [-0.4, -0.2) is 7.85 Å². The number of hydrogen-bond acceptors (Lipinski definition) is 1. The van der Waals surface area contributed by atoms with Gasteiger partial charge in [-0.05, 0) is 82.9 Å². The molecule has 0 heterocycles. The summed E-state index contributed by atoms with van der Waals surface area (Å²) >= 11 is 0. The van der Waals surface area contributed by atoms with Crippen LogP contribution in [-0.2, 0) is 5.41 Å². The second-order valence-corrected chi connectivity index (χ2v) is 10.2. The van der Waals surface area contributed by atoms with E-state index in [4.69, 9.17) is 0 Å². The number of nitrogens with zero attached hydrogens (tertiary/aromatic N) is 1. The molecule has 0 N–H and O–H groups in total. The van der Waals surface area contributed by atoms with Gasteiger partial charge in [-0.15, -0.1) is 0 Å². The Bertz CT molecular complexity index is 1600. The van der Waals surface area contributed by atoms with E-state index in [1.807, 2.05) is 0 Å². The molecule has 0 amide bonds. The summed E-state index contributed by atoms with van der Waals surface area (Å²) in [5, 5.41) is 0. The van der Waals surface area contributed by atoms with Crippen molar-refractivity contribution in [1.29, 1.82) is 0 Å². The summed E-state index contributed by atoms with van der Waals surface area (Å²) in [7, 11) is 2.10. The first-order valence-electron chi connectivity index (χ1n) is 12.8. The van der Waals surface area contributed by atoms with E-state index in [2.05, 4.69) is 160 Å². The zero-order valence-electron chi connectivity index (χ0n) is 21.5. The molecule has 0 saturated heterocycles. The maximum Gasteiger partial charge on any atom is 0.139 e. The van der Waals surface area contributed by atoms with Crippen molar-refractivity contribution in [3.63, 3.8) is 0 Å². The van der Waals surface area contributed by atoms with Gasteiger partial charge in [0.15, 0.2) is 0 Å². The van der Waals surface area contributed by atoms with E-state index < -0.39 is 0 Å². The molecule has 5 aromatic rings. The van der Waals surface area contributed by atoms with E-state index in [9.17, 15) is 0 Å². The summed E-state index contributed by atoms with van der Waals surface area (Å²) in [6.07, 6.45) is 0. The number of anilines is 3. The van der Waals surface area contributed by atoms with Gasteiger partial charge < -0.3 is 4.90 Å². The van der Waals surface area contributed by atoms with Crippen molar-refractivity contribution in [2.45, 2.75) is 19.3 Å². The van der Waals surface area contributed by atoms with E-state index in [1.165, 1.54) is 27.7 Å². The van der Waals surface area contributed by atoms with Crippen LogP contribution in [0.5, 0.6) is 0 Å². The quantitative estimate of drug-likeness (QED) is 0.199. The highest BCUT2D eigenvalue weighted by Crippen LogP contribution is 2.50. The molecule has 0 unspecified atom stereocenters. The number of para-hydroxylation sites is 2. The molecule has 0 aromatic heterocycles. The van der Waals surface area contributed by atoms with Crippen molar-refractivity contribution >= 4 is 30.4 Å². The molecule has 2 heteroatoms. The molecule has 6 rings (SSSR count). The minimum Gasteiger partial charge on any atom is -0.310 e. The predicted octanol–water partition coefficient (Wildman–Crippen LogP) is 7.12. The lowest BCUT2D eigenvalue weighted by atomic mass is 9.82. The molecule has 1 aliphatic rings. The molecule has 0 bridgehead atoms. The number of fused-ring (bicyclic) bond motifs is 3. The Hall–Kier alpha value is -4.48. The largest absolute Gasteiger partial charge is 0.310 e. The number of benzene rings is 5. The second kappa shape index (κ2) is 9.19. The Labute approximate surface area is 220 Å². The Kier molecular flexibility index (Phi) is 5.70. The molecule has 0 spiro atoms. The second-order valence-electron chi connectivity index (χ2n) is 10.2. The van der Waals surface area contributed by atoms with Crippen LogP contribution in [0, 0.1) is 11.8 Å². The first kappa shape index (κ1) is 23.0. The van der Waals surface area contributed by atoms with Crippen LogP contribution in [0.2, 0.25) is 0 Å². The zero-order chi connectivity index (χ0) is 25.4. The first-order chi connectivity index (χ1) is 18.0. The van der Waals surface area contributed by atoms with E-state index in [1.54, 1.807) is 0 Å². The van der Waals surface area contributed by atoms with E-state index in [-0.39, 0.29) is 5.41 Å². The third kappa shape index (κ3) is 4.24. The summed E-state index contributed by atoms with van der Waals surface area (Å²) in [6.45, 7) is 4.65. The van der Waals surface area contributed by atoms with E-state index >= 15 is 0 Å². The van der Waals surface area contributed by atoms with Gasteiger partial charge in [-0.2, -0.15) is 0 Å². The van der Waals surface area contributed by atoms with Gasteiger partial charge in [-0.3, -0.25) is 0 Å².